The lowest BCUT2D eigenvalue weighted by Gasteiger charge is -2.08. The molecule has 0 fully saturated rings. The Morgan fingerprint density at radius 1 is 1.28 bits per heavy atom. The van der Waals surface area contributed by atoms with Crippen LogP contribution >= 0.6 is 7.14 Å². The van der Waals surface area contributed by atoms with E-state index < -0.39 is 7.14 Å². The Morgan fingerprint density at radius 2 is 1.94 bits per heavy atom. The van der Waals surface area contributed by atoms with Crippen LogP contribution in [0.3, 0.4) is 0 Å². The summed E-state index contributed by atoms with van der Waals surface area (Å²) in [5, 5.41) is 11.9. The predicted octanol–water partition coefficient (Wildman–Crippen LogP) is 1.04. The van der Waals surface area contributed by atoms with Crippen LogP contribution in [-0.4, -0.2) is 33.5 Å². The molecule has 0 bridgehead atoms. The topological polar surface area (TPSA) is 69.9 Å². The van der Waals surface area contributed by atoms with Crippen molar-refractivity contribution in [3.63, 3.8) is 0 Å². The van der Waals surface area contributed by atoms with Gasteiger partial charge in [-0.25, -0.2) is 4.68 Å². The highest BCUT2D eigenvalue weighted by Gasteiger charge is 2.10. The van der Waals surface area contributed by atoms with E-state index in [9.17, 15) is 4.57 Å². The molecule has 1 aromatic carbocycles. The van der Waals surface area contributed by atoms with Crippen LogP contribution in [0.4, 0.5) is 0 Å². The first-order valence-corrected chi connectivity index (χ1v) is 8.06. The number of aromatic nitrogens is 4. The second-order valence-electron chi connectivity index (χ2n) is 4.35. The second-order valence-corrected chi connectivity index (χ2v) is 7.57. The van der Waals surface area contributed by atoms with Crippen LogP contribution in [0.2, 0.25) is 0 Å². The van der Waals surface area contributed by atoms with Gasteiger partial charge in [0.2, 0.25) is 0 Å². The summed E-state index contributed by atoms with van der Waals surface area (Å²) in [5.74, 6) is 1.35. The van der Waals surface area contributed by atoms with E-state index in [1.54, 1.807) is 37.2 Å². The minimum Gasteiger partial charge on any atom is -0.486 e. The van der Waals surface area contributed by atoms with Gasteiger partial charge in [-0.15, -0.1) is 5.10 Å². The fourth-order valence-corrected chi connectivity index (χ4v) is 2.29. The number of rotatable bonds is 4. The summed E-state index contributed by atoms with van der Waals surface area (Å²) < 4.78 is 18.9. The van der Waals surface area contributed by atoms with Gasteiger partial charge in [0, 0.05) is 12.4 Å². The van der Waals surface area contributed by atoms with Crippen molar-refractivity contribution in [3.05, 3.63) is 30.1 Å². The standard InChI is InChI=1S/C11H15N4O2P/c1-15-11(12-13-14-15)8-17-9-4-6-10(7-5-9)18(2,3)16/h4-7H,8H2,1-3H3. The van der Waals surface area contributed by atoms with E-state index in [-0.39, 0.29) is 0 Å². The zero-order valence-electron chi connectivity index (χ0n) is 10.6. The van der Waals surface area contributed by atoms with Gasteiger partial charge in [-0.05, 0) is 48.0 Å². The highest BCUT2D eigenvalue weighted by atomic mass is 31.2. The second kappa shape index (κ2) is 4.90. The number of hydrogen-bond acceptors (Lipinski definition) is 5. The van der Waals surface area contributed by atoms with E-state index in [1.165, 1.54) is 0 Å². The summed E-state index contributed by atoms with van der Waals surface area (Å²) >= 11 is 0. The zero-order valence-corrected chi connectivity index (χ0v) is 11.5. The number of nitrogens with zero attached hydrogens (tertiary/aromatic N) is 4. The molecular weight excluding hydrogens is 251 g/mol. The Labute approximate surface area is 105 Å². The Kier molecular flexibility index (Phi) is 3.48. The third-order valence-electron chi connectivity index (χ3n) is 2.53. The number of aryl methyl sites for hydroxylation is 1. The Morgan fingerprint density at radius 3 is 2.44 bits per heavy atom. The van der Waals surface area contributed by atoms with Gasteiger partial charge in [-0.2, -0.15) is 0 Å². The quantitative estimate of drug-likeness (QED) is 0.773. The van der Waals surface area contributed by atoms with Gasteiger partial charge in [-0.1, -0.05) is 0 Å². The van der Waals surface area contributed by atoms with E-state index in [0.29, 0.717) is 18.2 Å². The van der Waals surface area contributed by atoms with Crippen LogP contribution < -0.4 is 10.0 Å². The van der Waals surface area contributed by atoms with E-state index in [4.69, 9.17) is 4.74 Å². The molecule has 2 aromatic rings. The zero-order chi connectivity index (χ0) is 13.2. The first-order valence-electron chi connectivity index (χ1n) is 5.46. The summed E-state index contributed by atoms with van der Waals surface area (Å²) in [7, 11) is -0.449. The molecule has 0 aliphatic heterocycles. The van der Waals surface area contributed by atoms with Gasteiger partial charge in [0.15, 0.2) is 5.82 Å². The molecule has 0 aliphatic carbocycles. The number of benzene rings is 1. The number of tetrazole rings is 1. The lowest BCUT2D eigenvalue weighted by atomic mass is 10.3. The Hall–Kier alpha value is -1.68. The van der Waals surface area contributed by atoms with Gasteiger partial charge >= 0.3 is 0 Å². The summed E-state index contributed by atoms with van der Waals surface area (Å²) in [6, 6.07) is 7.26. The smallest absolute Gasteiger partial charge is 0.188 e. The summed E-state index contributed by atoms with van der Waals surface area (Å²) in [5.41, 5.74) is 0. The fourth-order valence-electron chi connectivity index (χ4n) is 1.42. The van der Waals surface area contributed by atoms with Crippen LogP contribution in [0.1, 0.15) is 5.82 Å². The molecule has 6 nitrogen and oxygen atoms in total. The molecule has 1 aromatic heterocycles. The molecule has 0 amide bonds. The van der Waals surface area contributed by atoms with E-state index in [0.717, 1.165) is 5.30 Å². The molecule has 7 heteroatoms. The maximum atomic E-state index is 11.8. The van der Waals surface area contributed by atoms with Gasteiger partial charge in [-0.3, -0.25) is 0 Å². The molecule has 0 aliphatic rings. The van der Waals surface area contributed by atoms with Crippen molar-refractivity contribution in [2.45, 2.75) is 6.61 Å². The molecule has 18 heavy (non-hydrogen) atoms. The van der Waals surface area contributed by atoms with E-state index in [2.05, 4.69) is 15.5 Å². The lowest BCUT2D eigenvalue weighted by molar-refractivity contribution is 0.289. The molecule has 0 unspecified atom stereocenters. The molecule has 0 N–H and O–H groups in total. The van der Waals surface area contributed by atoms with Gasteiger partial charge < -0.3 is 9.30 Å². The predicted molar refractivity (Wildman–Crippen MR) is 68.7 cm³/mol. The molecule has 0 radical (unpaired) electrons. The van der Waals surface area contributed by atoms with E-state index in [1.807, 2.05) is 12.1 Å². The van der Waals surface area contributed by atoms with Crippen molar-refractivity contribution >= 4 is 12.4 Å². The highest BCUT2D eigenvalue weighted by Crippen LogP contribution is 2.34. The van der Waals surface area contributed by atoms with Crippen molar-refractivity contribution in [1.29, 1.82) is 0 Å². The van der Waals surface area contributed by atoms with Gasteiger partial charge in [0.05, 0.1) is 0 Å². The molecular formula is C11H15N4O2P. The van der Waals surface area contributed by atoms with Crippen LogP contribution in [0.5, 0.6) is 5.75 Å². The van der Waals surface area contributed by atoms with Crippen LogP contribution in [0.25, 0.3) is 0 Å². The molecule has 1 heterocycles. The molecule has 0 saturated carbocycles. The SMILES string of the molecule is Cn1nnnc1COc1ccc(P(C)(C)=O)cc1. The molecule has 0 atom stereocenters. The average Bonchev–Trinajstić information content (AvgIpc) is 2.72. The number of hydrogen-bond donors (Lipinski definition) is 0. The third kappa shape index (κ3) is 2.96. The van der Waals surface area contributed by atoms with Crippen molar-refractivity contribution in [3.8, 4) is 5.75 Å². The first kappa shape index (κ1) is 12.8. The van der Waals surface area contributed by atoms with Crippen LogP contribution in [-0.2, 0) is 18.2 Å². The van der Waals surface area contributed by atoms with Gasteiger partial charge in [0.1, 0.15) is 19.5 Å². The van der Waals surface area contributed by atoms with E-state index >= 15 is 0 Å². The first-order chi connectivity index (χ1) is 8.47. The maximum absolute atomic E-state index is 11.8. The molecule has 96 valence electrons. The highest BCUT2D eigenvalue weighted by molar-refractivity contribution is 7.70. The summed E-state index contributed by atoms with van der Waals surface area (Å²) in [6.45, 7) is 3.79. The maximum Gasteiger partial charge on any atom is 0.188 e. The third-order valence-corrected chi connectivity index (χ3v) is 4.08. The molecule has 0 spiro atoms. The molecule has 2 rings (SSSR count). The number of ether oxygens (including phenoxy) is 1. The Bertz CT molecular complexity index is 573. The van der Waals surface area contributed by atoms with Crippen molar-refractivity contribution in [1.82, 2.24) is 20.2 Å². The minimum atomic E-state index is -2.20. The van der Waals surface area contributed by atoms with Crippen molar-refractivity contribution < 1.29 is 9.30 Å². The largest absolute Gasteiger partial charge is 0.486 e. The summed E-state index contributed by atoms with van der Waals surface area (Å²) in [4.78, 5) is 0. The fraction of sp³-hybridized carbons (Fsp3) is 0.364. The average molecular weight is 266 g/mol. The van der Waals surface area contributed by atoms with Crippen LogP contribution in [0, 0.1) is 0 Å². The van der Waals surface area contributed by atoms with Crippen molar-refractivity contribution in [2.24, 2.45) is 7.05 Å². The Balaban J connectivity index is 2.03. The summed E-state index contributed by atoms with van der Waals surface area (Å²) in [6.07, 6.45) is 0. The minimum absolute atomic E-state index is 0.304. The normalized spacial score (nSPS) is 11.5. The van der Waals surface area contributed by atoms with Gasteiger partial charge in [0.25, 0.3) is 0 Å². The van der Waals surface area contributed by atoms with Crippen LogP contribution in [0.15, 0.2) is 24.3 Å². The van der Waals surface area contributed by atoms with Crippen molar-refractivity contribution in [2.75, 3.05) is 13.3 Å². The monoisotopic (exact) mass is 266 g/mol. The lowest BCUT2D eigenvalue weighted by Crippen LogP contribution is -2.06. The molecule has 0 saturated heterocycles.